The van der Waals surface area contributed by atoms with E-state index in [2.05, 4.69) is 36.0 Å². The molecule has 2 rings (SSSR count). The van der Waals surface area contributed by atoms with Crippen LogP contribution in [0.4, 0.5) is 0 Å². The molecule has 0 spiro atoms. The van der Waals surface area contributed by atoms with Crippen molar-refractivity contribution in [2.75, 3.05) is 0 Å². The van der Waals surface area contributed by atoms with Crippen molar-refractivity contribution in [3.8, 4) is 0 Å². The van der Waals surface area contributed by atoms with Crippen LogP contribution in [0.15, 0.2) is 33.9 Å². The Balaban J connectivity index is 2.50. The molecule has 13 heavy (non-hydrogen) atoms. The summed E-state index contributed by atoms with van der Waals surface area (Å²) in [6.45, 7) is 6.32. The molecular weight excluding hydrogens is 160 g/mol. The van der Waals surface area contributed by atoms with E-state index in [0.717, 1.165) is 11.4 Å². The highest BCUT2D eigenvalue weighted by molar-refractivity contribution is 6.30. The minimum Gasteiger partial charge on any atom is -0.275 e. The predicted molar refractivity (Wildman–Crippen MR) is 56.4 cm³/mol. The topological polar surface area (TPSA) is 24.7 Å². The van der Waals surface area contributed by atoms with Crippen LogP contribution < -0.4 is 0 Å². The first-order chi connectivity index (χ1) is 6.13. The molecule has 1 heterocycles. The van der Waals surface area contributed by atoms with Crippen molar-refractivity contribution in [3.05, 3.63) is 23.9 Å². The Bertz CT molecular complexity index is 347. The van der Waals surface area contributed by atoms with Crippen LogP contribution in [0.3, 0.4) is 0 Å². The van der Waals surface area contributed by atoms with Crippen molar-refractivity contribution < 1.29 is 0 Å². The van der Waals surface area contributed by atoms with Gasteiger partial charge in [-0.2, -0.15) is 0 Å². The van der Waals surface area contributed by atoms with Crippen molar-refractivity contribution in [2.24, 2.45) is 15.9 Å². The third kappa shape index (κ3) is 1.17. The molecule has 0 saturated heterocycles. The van der Waals surface area contributed by atoms with Crippen LogP contribution in [0.1, 0.15) is 20.8 Å². The number of hydrogen-bond acceptors (Lipinski definition) is 2. The van der Waals surface area contributed by atoms with Gasteiger partial charge in [0.05, 0.1) is 11.4 Å². The lowest BCUT2D eigenvalue weighted by molar-refractivity contribution is 0.428. The van der Waals surface area contributed by atoms with E-state index in [9.17, 15) is 0 Å². The molecule has 2 aliphatic rings. The quantitative estimate of drug-likeness (QED) is 0.538. The van der Waals surface area contributed by atoms with E-state index >= 15 is 0 Å². The standard InChI is InChI=1S/C11H14N2/c1-8-5-4-6-10-11(8,3)13-9(2)7-12-10/h4-8H,1-3H3. The van der Waals surface area contributed by atoms with Gasteiger partial charge in [0.25, 0.3) is 0 Å². The van der Waals surface area contributed by atoms with Gasteiger partial charge in [-0.15, -0.1) is 0 Å². The van der Waals surface area contributed by atoms with Crippen LogP contribution in [0.25, 0.3) is 0 Å². The van der Waals surface area contributed by atoms with E-state index in [-0.39, 0.29) is 5.54 Å². The zero-order valence-corrected chi connectivity index (χ0v) is 8.28. The summed E-state index contributed by atoms with van der Waals surface area (Å²) in [6.07, 6.45) is 8.13. The smallest absolute Gasteiger partial charge is 0.106 e. The highest BCUT2D eigenvalue weighted by atomic mass is 15.0. The van der Waals surface area contributed by atoms with E-state index in [4.69, 9.17) is 0 Å². The minimum absolute atomic E-state index is 0.131. The second-order valence-corrected chi connectivity index (χ2v) is 3.88. The predicted octanol–water partition coefficient (Wildman–Crippen LogP) is 2.38. The molecular formula is C11H14N2. The first-order valence-electron chi connectivity index (χ1n) is 4.62. The molecule has 0 bridgehead atoms. The van der Waals surface area contributed by atoms with Gasteiger partial charge < -0.3 is 0 Å². The van der Waals surface area contributed by atoms with E-state index in [0.29, 0.717) is 5.92 Å². The number of hydrogen-bond donors (Lipinski definition) is 0. The largest absolute Gasteiger partial charge is 0.275 e. The van der Waals surface area contributed by atoms with Crippen LogP contribution in [0.5, 0.6) is 0 Å². The van der Waals surface area contributed by atoms with Crippen molar-refractivity contribution >= 4 is 11.9 Å². The van der Waals surface area contributed by atoms with Crippen molar-refractivity contribution in [2.45, 2.75) is 26.3 Å². The molecule has 0 aromatic carbocycles. The number of fused-ring (bicyclic) bond motifs is 1. The summed E-state index contributed by atoms with van der Waals surface area (Å²) in [5, 5.41) is 0. The molecule has 2 nitrogen and oxygen atoms in total. The molecule has 0 amide bonds. The molecule has 0 radical (unpaired) electrons. The number of nitrogens with zero attached hydrogens (tertiary/aromatic N) is 2. The molecule has 68 valence electrons. The Morgan fingerprint density at radius 3 is 3.00 bits per heavy atom. The van der Waals surface area contributed by atoms with Crippen LogP contribution in [0.2, 0.25) is 0 Å². The van der Waals surface area contributed by atoms with Gasteiger partial charge in [-0.1, -0.05) is 19.1 Å². The highest BCUT2D eigenvalue weighted by Gasteiger charge is 2.36. The van der Waals surface area contributed by atoms with E-state index in [1.807, 2.05) is 19.2 Å². The Morgan fingerprint density at radius 1 is 1.46 bits per heavy atom. The molecule has 0 saturated carbocycles. The average molecular weight is 174 g/mol. The maximum absolute atomic E-state index is 4.66. The maximum Gasteiger partial charge on any atom is 0.106 e. The van der Waals surface area contributed by atoms with Gasteiger partial charge in [-0.3, -0.25) is 9.98 Å². The molecule has 0 fully saturated rings. The third-order valence-corrected chi connectivity index (χ3v) is 2.86. The van der Waals surface area contributed by atoms with Gasteiger partial charge in [0, 0.05) is 12.1 Å². The normalized spacial score (nSPS) is 36.7. The zero-order valence-electron chi connectivity index (χ0n) is 8.28. The van der Waals surface area contributed by atoms with Crippen molar-refractivity contribution in [1.29, 1.82) is 0 Å². The highest BCUT2D eigenvalue weighted by Crippen LogP contribution is 2.36. The van der Waals surface area contributed by atoms with Crippen molar-refractivity contribution in [3.63, 3.8) is 0 Å². The van der Waals surface area contributed by atoms with Crippen LogP contribution >= 0.6 is 0 Å². The first-order valence-corrected chi connectivity index (χ1v) is 4.62. The molecule has 2 atom stereocenters. The van der Waals surface area contributed by atoms with Gasteiger partial charge in [0.15, 0.2) is 0 Å². The zero-order chi connectivity index (χ0) is 9.47. The number of aliphatic imine (C=N–C) groups is 2. The van der Waals surface area contributed by atoms with Gasteiger partial charge in [0.1, 0.15) is 5.54 Å². The summed E-state index contributed by atoms with van der Waals surface area (Å²) in [7, 11) is 0. The fourth-order valence-electron chi connectivity index (χ4n) is 1.79. The lowest BCUT2D eigenvalue weighted by Crippen LogP contribution is -2.36. The summed E-state index contributed by atoms with van der Waals surface area (Å²) >= 11 is 0. The van der Waals surface area contributed by atoms with Crippen molar-refractivity contribution in [1.82, 2.24) is 0 Å². The molecule has 2 heteroatoms. The summed E-state index contributed by atoms with van der Waals surface area (Å²) in [4.78, 5) is 9.07. The molecule has 1 aliphatic heterocycles. The summed E-state index contributed by atoms with van der Waals surface area (Å²) in [5.74, 6) is 0.430. The summed E-state index contributed by atoms with van der Waals surface area (Å²) < 4.78 is 0. The van der Waals surface area contributed by atoms with Gasteiger partial charge in [0.2, 0.25) is 0 Å². The fourth-order valence-corrected chi connectivity index (χ4v) is 1.79. The van der Waals surface area contributed by atoms with Gasteiger partial charge in [-0.25, -0.2) is 0 Å². The van der Waals surface area contributed by atoms with Crippen LogP contribution in [0, 0.1) is 5.92 Å². The second kappa shape index (κ2) is 2.66. The Hall–Kier alpha value is -1.18. The van der Waals surface area contributed by atoms with Crippen LogP contribution in [-0.4, -0.2) is 17.5 Å². The molecule has 2 unspecified atom stereocenters. The first kappa shape index (κ1) is 8.42. The molecule has 0 N–H and O–H groups in total. The SMILES string of the molecule is CC1=NC2(C)C(=CC=CC2C)N=C1. The lowest BCUT2D eigenvalue weighted by Gasteiger charge is -2.35. The second-order valence-electron chi connectivity index (χ2n) is 3.88. The van der Waals surface area contributed by atoms with Gasteiger partial charge in [-0.05, 0) is 19.9 Å². The molecule has 0 aromatic rings. The van der Waals surface area contributed by atoms with E-state index < -0.39 is 0 Å². The Labute approximate surface area is 78.8 Å². The van der Waals surface area contributed by atoms with Crippen LogP contribution in [-0.2, 0) is 0 Å². The lowest BCUT2D eigenvalue weighted by atomic mass is 9.80. The average Bonchev–Trinajstić information content (AvgIpc) is 2.07. The van der Waals surface area contributed by atoms with E-state index in [1.54, 1.807) is 0 Å². The monoisotopic (exact) mass is 174 g/mol. The Morgan fingerprint density at radius 2 is 2.23 bits per heavy atom. The summed E-state index contributed by atoms with van der Waals surface area (Å²) in [6, 6.07) is 0. The fraction of sp³-hybridized carbons (Fsp3) is 0.455. The number of rotatable bonds is 0. The minimum atomic E-state index is -0.131. The molecule has 0 aromatic heterocycles. The van der Waals surface area contributed by atoms with E-state index in [1.165, 1.54) is 0 Å². The summed E-state index contributed by atoms with van der Waals surface area (Å²) in [5.41, 5.74) is 1.96. The third-order valence-electron chi connectivity index (χ3n) is 2.86. The Kier molecular flexibility index (Phi) is 1.72. The maximum atomic E-state index is 4.66. The number of allylic oxidation sites excluding steroid dienone is 2. The van der Waals surface area contributed by atoms with Gasteiger partial charge >= 0.3 is 0 Å². The molecule has 1 aliphatic carbocycles.